The highest BCUT2D eigenvalue weighted by molar-refractivity contribution is 7.89. The molecule has 1 aliphatic carbocycles. The van der Waals surface area contributed by atoms with Gasteiger partial charge in [-0.2, -0.15) is 4.31 Å². The molecule has 1 aromatic rings. The number of esters is 1. The Kier molecular flexibility index (Phi) is 10.8. The standard InChI is InChI=1S/C29H46F2N2O5S/c1-6-22(13-17-32-23-11-15-29(30,31)16-12-23)14-19-37-25-20-21(2)9-10-26(25)39(35,36)33-18-7-8-24(33)27(34)38-28(3,4)5/h9-10,20,22-24,32H,6-8,11-19H2,1-5H3/t22?,24-/m0/s1. The van der Waals surface area contributed by atoms with E-state index in [-0.39, 0.29) is 30.3 Å². The van der Waals surface area contributed by atoms with Crippen molar-refractivity contribution < 1.29 is 31.5 Å². The molecule has 1 N–H and O–H groups in total. The van der Waals surface area contributed by atoms with Crippen LogP contribution in [0.15, 0.2) is 23.1 Å². The van der Waals surface area contributed by atoms with Gasteiger partial charge >= 0.3 is 5.97 Å². The monoisotopic (exact) mass is 572 g/mol. The van der Waals surface area contributed by atoms with E-state index in [9.17, 15) is 22.0 Å². The molecule has 39 heavy (non-hydrogen) atoms. The summed E-state index contributed by atoms with van der Waals surface area (Å²) in [6.45, 7) is 10.7. The molecule has 2 atom stereocenters. The highest BCUT2D eigenvalue weighted by atomic mass is 32.2. The molecule has 2 fully saturated rings. The van der Waals surface area contributed by atoms with Crippen LogP contribution in [-0.2, 0) is 19.6 Å². The van der Waals surface area contributed by atoms with Crippen LogP contribution in [0.1, 0.15) is 91.0 Å². The van der Waals surface area contributed by atoms with Crippen LogP contribution in [0.5, 0.6) is 5.75 Å². The topological polar surface area (TPSA) is 84.9 Å². The predicted octanol–water partition coefficient (Wildman–Crippen LogP) is 5.84. The summed E-state index contributed by atoms with van der Waals surface area (Å²) < 4.78 is 67.0. The molecular formula is C29H46F2N2O5S. The number of halogens is 2. The fourth-order valence-corrected chi connectivity index (χ4v) is 7.09. The van der Waals surface area contributed by atoms with Crippen LogP contribution in [0.3, 0.4) is 0 Å². The van der Waals surface area contributed by atoms with E-state index in [0.29, 0.717) is 44.0 Å². The lowest BCUT2D eigenvalue weighted by molar-refractivity contribution is -0.158. The summed E-state index contributed by atoms with van der Waals surface area (Å²) in [5.41, 5.74) is 0.173. The average Bonchev–Trinajstić information content (AvgIpc) is 3.34. The lowest BCUT2D eigenvalue weighted by Gasteiger charge is -2.29. The second-order valence-electron chi connectivity index (χ2n) is 12.0. The Balaban J connectivity index is 1.59. The van der Waals surface area contributed by atoms with Crippen molar-refractivity contribution in [2.24, 2.45) is 5.92 Å². The number of rotatable bonds is 12. The first-order valence-electron chi connectivity index (χ1n) is 14.3. The Morgan fingerprint density at radius 1 is 1.18 bits per heavy atom. The van der Waals surface area contributed by atoms with E-state index < -0.39 is 33.6 Å². The van der Waals surface area contributed by atoms with E-state index in [1.807, 2.05) is 6.92 Å². The molecule has 3 rings (SSSR count). The van der Waals surface area contributed by atoms with Gasteiger partial charge in [0.15, 0.2) is 0 Å². The third-order valence-electron chi connectivity index (χ3n) is 7.63. The zero-order valence-electron chi connectivity index (χ0n) is 24.1. The molecule has 1 heterocycles. The second-order valence-corrected chi connectivity index (χ2v) is 13.9. The van der Waals surface area contributed by atoms with E-state index in [0.717, 1.165) is 31.4 Å². The van der Waals surface area contributed by atoms with Crippen molar-refractivity contribution in [1.29, 1.82) is 0 Å². The van der Waals surface area contributed by atoms with Crippen molar-refractivity contribution in [3.63, 3.8) is 0 Å². The molecule has 10 heteroatoms. The first kappa shape index (κ1) is 31.7. The minimum atomic E-state index is -3.98. The summed E-state index contributed by atoms with van der Waals surface area (Å²) in [6, 6.07) is 4.32. The van der Waals surface area contributed by atoms with E-state index in [4.69, 9.17) is 9.47 Å². The molecule has 0 aromatic heterocycles. The van der Waals surface area contributed by atoms with Crippen LogP contribution in [0.4, 0.5) is 8.78 Å². The number of aryl methyl sites for hydroxylation is 1. The molecule has 1 saturated carbocycles. The van der Waals surface area contributed by atoms with Crippen molar-refractivity contribution in [2.75, 3.05) is 19.7 Å². The van der Waals surface area contributed by atoms with Gasteiger partial charge in [0.25, 0.3) is 0 Å². The molecule has 0 radical (unpaired) electrons. The van der Waals surface area contributed by atoms with Crippen molar-refractivity contribution in [3.8, 4) is 5.75 Å². The van der Waals surface area contributed by atoms with Crippen LogP contribution < -0.4 is 10.1 Å². The summed E-state index contributed by atoms with van der Waals surface area (Å²) in [5.74, 6) is -2.39. The van der Waals surface area contributed by atoms with E-state index >= 15 is 0 Å². The lowest BCUT2D eigenvalue weighted by atomic mass is 9.92. The van der Waals surface area contributed by atoms with Gasteiger partial charge in [0.2, 0.25) is 15.9 Å². The fraction of sp³-hybridized carbons (Fsp3) is 0.759. The normalized spacial score (nSPS) is 21.6. The first-order valence-corrected chi connectivity index (χ1v) is 15.8. The van der Waals surface area contributed by atoms with Gasteiger partial charge in [0.1, 0.15) is 22.3 Å². The third-order valence-corrected chi connectivity index (χ3v) is 9.58. The Labute approximate surface area is 233 Å². The van der Waals surface area contributed by atoms with Gasteiger partial charge in [-0.3, -0.25) is 4.79 Å². The molecule has 0 bridgehead atoms. The minimum absolute atomic E-state index is 0.0482. The number of nitrogens with zero attached hydrogens (tertiary/aromatic N) is 1. The Hall–Kier alpha value is -1.78. The molecular weight excluding hydrogens is 526 g/mol. The summed E-state index contributed by atoms with van der Waals surface area (Å²) in [4.78, 5) is 12.8. The molecule has 0 amide bonds. The number of alkyl halides is 2. The molecule has 1 unspecified atom stereocenters. The van der Waals surface area contributed by atoms with Gasteiger partial charge in [-0.05, 0) is 96.4 Å². The second kappa shape index (κ2) is 13.3. The van der Waals surface area contributed by atoms with Crippen LogP contribution >= 0.6 is 0 Å². The summed E-state index contributed by atoms with van der Waals surface area (Å²) in [6.07, 6.45) is 4.51. The van der Waals surface area contributed by atoms with E-state index in [1.165, 1.54) is 4.31 Å². The summed E-state index contributed by atoms with van der Waals surface area (Å²) in [7, 11) is -3.98. The number of carbonyl (C=O) groups is 1. The minimum Gasteiger partial charge on any atom is -0.492 e. The summed E-state index contributed by atoms with van der Waals surface area (Å²) in [5, 5.41) is 3.43. The quantitative estimate of drug-likeness (QED) is 0.317. The maximum Gasteiger partial charge on any atom is 0.324 e. The zero-order valence-corrected chi connectivity index (χ0v) is 24.9. The van der Waals surface area contributed by atoms with Crippen molar-refractivity contribution in [2.45, 2.75) is 121 Å². The third kappa shape index (κ3) is 9.11. The molecule has 1 aromatic carbocycles. The Bertz CT molecular complexity index is 1060. The van der Waals surface area contributed by atoms with Crippen LogP contribution in [0, 0.1) is 12.8 Å². The Morgan fingerprint density at radius 2 is 1.87 bits per heavy atom. The van der Waals surface area contributed by atoms with Gasteiger partial charge in [-0.15, -0.1) is 0 Å². The molecule has 222 valence electrons. The average molecular weight is 573 g/mol. The maximum atomic E-state index is 13.7. The molecule has 1 aliphatic heterocycles. The smallest absolute Gasteiger partial charge is 0.324 e. The molecule has 1 saturated heterocycles. The van der Waals surface area contributed by atoms with Crippen molar-refractivity contribution in [1.82, 2.24) is 9.62 Å². The predicted molar refractivity (Wildman–Crippen MR) is 148 cm³/mol. The van der Waals surface area contributed by atoms with Gasteiger partial charge in [0, 0.05) is 25.4 Å². The summed E-state index contributed by atoms with van der Waals surface area (Å²) >= 11 is 0. The number of carbonyl (C=O) groups excluding carboxylic acids is 1. The number of benzene rings is 1. The number of hydrogen-bond acceptors (Lipinski definition) is 6. The van der Waals surface area contributed by atoms with Crippen LogP contribution in [0.25, 0.3) is 0 Å². The largest absolute Gasteiger partial charge is 0.492 e. The number of sulfonamides is 1. The van der Waals surface area contributed by atoms with Gasteiger partial charge in [-0.25, -0.2) is 17.2 Å². The highest BCUT2D eigenvalue weighted by Crippen LogP contribution is 2.34. The van der Waals surface area contributed by atoms with Gasteiger partial charge in [0.05, 0.1) is 6.61 Å². The molecule has 0 spiro atoms. The van der Waals surface area contributed by atoms with E-state index in [2.05, 4.69) is 12.2 Å². The number of nitrogens with one attached hydrogen (secondary N) is 1. The fourth-order valence-electron chi connectivity index (χ4n) is 5.32. The number of hydrogen-bond donors (Lipinski definition) is 1. The SMILES string of the molecule is CCC(CCNC1CCC(F)(F)CC1)CCOc1cc(C)ccc1S(=O)(=O)N1CCC[C@H]1C(=O)OC(C)(C)C. The zero-order chi connectivity index (χ0) is 28.8. The van der Waals surface area contributed by atoms with Gasteiger partial charge < -0.3 is 14.8 Å². The van der Waals surface area contributed by atoms with E-state index in [1.54, 1.807) is 39.0 Å². The molecule has 7 nitrogen and oxygen atoms in total. The van der Waals surface area contributed by atoms with Crippen LogP contribution in [-0.4, -0.2) is 62.0 Å². The first-order chi connectivity index (χ1) is 18.2. The highest BCUT2D eigenvalue weighted by Gasteiger charge is 2.42. The maximum absolute atomic E-state index is 13.7. The van der Waals surface area contributed by atoms with Crippen LogP contribution in [0.2, 0.25) is 0 Å². The number of ether oxygens (including phenoxy) is 2. The van der Waals surface area contributed by atoms with Crippen molar-refractivity contribution in [3.05, 3.63) is 23.8 Å². The lowest BCUT2D eigenvalue weighted by Crippen LogP contribution is -2.43. The van der Waals surface area contributed by atoms with Crippen molar-refractivity contribution >= 4 is 16.0 Å². The Morgan fingerprint density at radius 3 is 2.51 bits per heavy atom. The van der Waals surface area contributed by atoms with Gasteiger partial charge in [-0.1, -0.05) is 19.4 Å². The molecule has 2 aliphatic rings.